The smallest absolute Gasteiger partial charge is 0.223 e. The molecular weight excluding hydrogens is 138 g/mol. The number of carbonyl (C=O) groups is 1. The van der Waals surface area contributed by atoms with E-state index in [1.54, 1.807) is 0 Å². The molecule has 2 fully saturated rings. The van der Waals surface area contributed by atoms with Gasteiger partial charge in [-0.25, -0.2) is 0 Å². The standard InChI is InChI=1S/C9H13NO/c1-2-7-6-9(11)10-5-3-4-8(7)10/h2,7-8H,1,3-6H2/t7-,8+/m1/s1. The lowest BCUT2D eigenvalue weighted by atomic mass is 9.99. The van der Waals surface area contributed by atoms with Gasteiger partial charge in [-0.2, -0.15) is 0 Å². The predicted molar refractivity (Wildman–Crippen MR) is 43.0 cm³/mol. The van der Waals surface area contributed by atoms with Crippen molar-refractivity contribution in [3.05, 3.63) is 12.7 Å². The van der Waals surface area contributed by atoms with Gasteiger partial charge in [-0.3, -0.25) is 4.79 Å². The van der Waals surface area contributed by atoms with Crippen LogP contribution in [0.1, 0.15) is 19.3 Å². The van der Waals surface area contributed by atoms with Gasteiger partial charge in [0.25, 0.3) is 0 Å². The first-order chi connectivity index (χ1) is 5.33. The largest absolute Gasteiger partial charge is 0.339 e. The topological polar surface area (TPSA) is 20.3 Å². The van der Waals surface area contributed by atoms with Crippen molar-refractivity contribution in [3.63, 3.8) is 0 Å². The molecule has 0 N–H and O–H groups in total. The van der Waals surface area contributed by atoms with E-state index in [1.165, 1.54) is 12.8 Å². The van der Waals surface area contributed by atoms with E-state index in [9.17, 15) is 4.79 Å². The molecule has 2 heterocycles. The Labute approximate surface area is 66.9 Å². The lowest BCUT2D eigenvalue weighted by Gasteiger charge is -2.17. The molecule has 11 heavy (non-hydrogen) atoms. The van der Waals surface area contributed by atoms with Crippen LogP contribution in [0.4, 0.5) is 0 Å². The van der Waals surface area contributed by atoms with Crippen LogP contribution in [-0.4, -0.2) is 23.4 Å². The zero-order valence-corrected chi connectivity index (χ0v) is 6.62. The van der Waals surface area contributed by atoms with Gasteiger partial charge in [0, 0.05) is 24.9 Å². The van der Waals surface area contributed by atoms with Gasteiger partial charge in [-0.05, 0) is 12.8 Å². The van der Waals surface area contributed by atoms with E-state index in [-0.39, 0.29) is 0 Å². The molecule has 1 amide bonds. The monoisotopic (exact) mass is 151 g/mol. The van der Waals surface area contributed by atoms with Crippen molar-refractivity contribution in [2.24, 2.45) is 5.92 Å². The number of carbonyl (C=O) groups excluding carboxylic acids is 1. The SMILES string of the molecule is C=C[C@@H]1CC(=O)N2CCC[C@@H]12. The first-order valence-corrected chi connectivity index (χ1v) is 4.25. The van der Waals surface area contributed by atoms with Crippen molar-refractivity contribution >= 4 is 5.91 Å². The normalized spacial score (nSPS) is 36.0. The van der Waals surface area contributed by atoms with Crippen molar-refractivity contribution in [2.45, 2.75) is 25.3 Å². The van der Waals surface area contributed by atoms with E-state index in [4.69, 9.17) is 0 Å². The van der Waals surface area contributed by atoms with Gasteiger partial charge >= 0.3 is 0 Å². The summed E-state index contributed by atoms with van der Waals surface area (Å²) in [6, 6.07) is 0.500. The predicted octanol–water partition coefficient (Wildman–Crippen LogP) is 1.18. The van der Waals surface area contributed by atoms with Crippen LogP contribution in [0.3, 0.4) is 0 Å². The molecule has 0 aromatic rings. The van der Waals surface area contributed by atoms with Gasteiger partial charge in [-0.1, -0.05) is 6.08 Å². The van der Waals surface area contributed by atoms with Crippen LogP contribution >= 0.6 is 0 Å². The van der Waals surface area contributed by atoms with Gasteiger partial charge in [0.1, 0.15) is 0 Å². The Hall–Kier alpha value is -0.790. The number of amides is 1. The van der Waals surface area contributed by atoms with Crippen LogP contribution in [-0.2, 0) is 4.79 Å². The summed E-state index contributed by atoms with van der Waals surface area (Å²) >= 11 is 0. The first kappa shape index (κ1) is 6.89. The van der Waals surface area contributed by atoms with E-state index in [0.29, 0.717) is 24.3 Å². The molecule has 0 aromatic carbocycles. The van der Waals surface area contributed by atoms with E-state index in [0.717, 1.165) is 6.54 Å². The molecule has 2 heteroatoms. The summed E-state index contributed by atoms with van der Waals surface area (Å²) in [6.45, 7) is 4.74. The highest BCUT2D eigenvalue weighted by atomic mass is 16.2. The third-order valence-corrected chi connectivity index (χ3v) is 2.83. The number of hydrogen-bond donors (Lipinski definition) is 0. The number of fused-ring (bicyclic) bond motifs is 1. The summed E-state index contributed by atoms with van der Waals surface area (Å²) in [5.41, 5.74) is 0. The van der Waals surface area contributed by atoms with Crippen LogP contribution in [0.25, 0.3) is 0 Å². The Morgan fingerprint density at radius 1 is 1.64 bits per heavy atom. The van der Waals surface area contributed by atoms with Crippen molar-refractivity contribution in [1.82, 2.24) is 4.90 Å². The van der Waals surface area contributed by atoms with Crippen LogP contribution in [0.15, 0.2) is 12.7 Å². The van der Waals surface area contributed by atoms with E-state index < -0.39 is 0 Å². The average Bonchev–Trinajstić information content (AvgIpc) is 2.54. The molecule has 0 saturated carbocycles. The second-order valence-electron chi connectivity index (χ2n) is 3.40. The summed E-state index contributed by atoms with van der Waals surface area (Å²) in [6.07, 6.45) is 5.01. The fourth-order valence-corrected chi connectivity index (χ4v) is 2.24. The summed E-state index contributed by atoms with van der Waals surface area (Å²) < 4.78 is 0. The maximum absolute atomic E-state index is 11.3. The lowest BCUT2D eigenvalue weighted by molar-refractivity contribution is -0.127. The minimum atomic E-state index is 0.331. The first-order valence-electron chi connectivity index (χ1n) is 4.25. The number of nitrogens with zero attached hydrogens (tertiary/aromatic N) is 1. The molecule has 2 nitrogen and oxygen atoms in total. The Kier molecular flexibility index (Phi) is 1.48. The highest BCUT2D eigenvalue weighted by Gasteiger charge is 2.40. The molecule has 0 radical (unpaired) electrons. The van der Waals surface area contributed by atoms with Gasteiger partial charge in [0.15, 0.2) is 0 Å². The van der Waals surface area contributed by atoms with Crippen molar-refractivity contribution < 1.29 is 4.79 Å². The van der Waals surface area contributed by atoms with Crippen LogP contribution < -0.4 is 0 Å². The molecule has 2 atom stereocenters. The molecule has 2 aliphatic heterocycles. The molecule has 2 aliphatic rings. The van der Waals surface area contributed by atoms with Gasteiger partial charge < -0.3 is 4.90 Å². The number of hydrogen-bond acceptors (Lipinski definition) is 1. The fourth-order valence-electron chi connectivity index (χ4n) is 2.24. The summed E-state index contributed by atoms with van der Waals surface area (Å²) in [5.74, 6) is 0.766. The van der Waals surface area contributed by atoms with Crippen LogP contribution in [0.2, 0.25) is 0 Å². The molecule has 60 valence electrons. The molecule has 2 saturated heterocycles. The lowest BCUT2D eigenvalue weighted by Crippen LogP contribution is -2.28. The van der Waals surface area contributed by atoms with E-state index in [1.807, 2.05) is 11.0 Å². The average molecular weight is 151 g/mol. The third kappa shape index (κ3) is 0.889. The molecule has 0 spiro atoms. The van der Waals surface area contributed by atoms with E-state index >= 15 is 0 Å². The van der Waals surface area contributed by atoms with Gasteiger partial charge in [0.05, 0.1) is 0 Å². The number of rotatable bonds is 1. The van der Waals surface area contributed by atoms with Crippen LogP contribution in [0.5, 0.6) is 0 Å². The second-order valence-corrected chi connectivity index (χ2v) is 3.40. The summed E-state index contributed by atoms with van der Waals surface area (Å²) in [4.78, 5) is 13.3. The Balaban J connectivity index is 2.19. The third-order valence-electron chi connectivity index (χ3n) is 2.83. The molecular formula is C9H13NO. The molecule has 0 unspecified atom stereocenters. The van der Waals surface area contributed by atoms with Crippen molar-refractivity contribution in [3.8, 4) is 0 Å². The zero-order chi connectivity index (χ0) is 7.84. The maximum Gasteiger partial charge on any atom is 0.223 e. The minimum Gasteiger partial charge on any atom is -0.339 e. The Bertz CT molecular complexity index is 200. The molecule has 0 aromatic heterocycles. The zero-order valence-electron chi connectivity index (χ0n) is 6.62. The van der Waals surface area contributed by atoms with Crippen LogP contribution in [0, 0.1) is 5.92 Å². The highest BCUT2D eigenvalue weighted by Crippen LogP contribution is 2.33. The summed E-state index contributed by atoms with van der Waals surface area (Å²) in [7, 11) is 0. The highest BCUT2D eigenvalue weighted by molar-refractivity contribution is 5.80. The molecule has 0 aliphatic carbocycles. The fraction of sp³-hybridized carbons (Fsp3) is 0.667. The van der Waals surface area contributed by atoms with Crippen molar-refractivity contribution in [1.29, 1.82) is 0 Å². The van der Waals surface area contributed by atoms with Gasteiger partial charge in [-0.15, -0.1) is 6.58 Å². The van der Waals surface area contributed by atoms with Crippen molar-refractivity contribution in [2.75, 3.05) is 6.54 Å². The quantitative estimate of drug-likeness (QED) is 0.515. The van der Waals surface area contributed by atoms with Gasteiger partial charge in [0.2, 0.25) is 5.91 Å². The summed E-state index contributed by atoms with van der Waals surface area (Å²) in [5, 5.41) is 0. The molecule has 0 bridgehead atoms. The Morgan fingerprint density at radius 3 is 3.18 bits per heavy atom. The van der Waals surface area contributed by atoms with E-state index in [2.05, 4.69) is 6.58 Å². The maximum atomic E-state index is 11.3. The minimum absolute atomic E-state index is 0.331. The second kappa shape index (κ2) is 2.36. The Morgan fingerprint density at radius 2 is 2.45 bits per heavy atom. The molecule has 2 rings (SSSR count).